The highest BCUT2D eigenvalue weighted by atomic mass is 35.5. The number of nitrogens with zero attached hydrogens (tertiary/aromatic N) is 1. The molecular formula is C29H38ClFN4O3S. The van der Waals surface area contributed by atoms with E-state index in [-0.39, 0.29) is 40.9 Å². The summed E-state index contributed by atoms with van der Waals surface area (Å²) in [4.78, 5) is 29.7. The number of fused-ring (bicyclic) bond motifs is 1. The van der Waals surface area contributed by atoms with E-state index in [0.717, 1.165) is 52.8 Å². The van der Waals surface area contributed by atoms with Gasteiger partial charge in [-0.25, -0.2) is 4.39 Å². The Balaban J connectivity index is 1.30. The summed E-state index contributed by atoms with van der Waals surface area (Å²) in [6.45, 7) is 1.96. The van der Waals surface area contributed by atoms with E-state index < -0.39 is 0 Å². The first kappa shape index (κ1) is 29.5. The van der Waals surface area contributed by atoms with Gasteiger partial charge in [0.25, 0.3) is 0 Å². The number of hydrogen-bond donors (Lipinski definition) is 4. The molecule has 1 aliphatic carbocycles. The number of thiazole rings is 1. The minimum Gasteiger partial charge on any atom is -0.506 e. The number of rotatable bonds is 12. The molecule has 4 rings (SSSR count). The van der Waals surface area contributed by atoms with Crippen molar-refractivity contribution in [3.8, 4) is 5.75 Å². The number of aryl methyl sites for hydroxylation is 1. The second-order valence-electron chi connectivity index (χ2n) is 10.4. The normalized spacial score (nSPS) is 15.4. The molecule has 7 nitrogen and oxygen atoms in total. The second-order valence-corrected chi connectivity index (χ2v) is 11.8. The molecule has 2 aromatic carbocycles. The predicted octanol–water partition coefficient (Wildman–Crippen LogP) is 5.12. The summed E-state index contributed by atoms with van der Waals surface area (Å²) in [5.74, 6) is -0.204. The third-order valence-electron chi connectivity index (χ3n) is 7.56. The van der Waals surface area contributed by atoms with Gasteiger partial charge in [0.1, 0.15) is 17.1 Å². The average Bonchev–Trinajstić information content (AvgIpc) is 3.11. The molecule has 0 radical (unpaired) electrons. The fraction of sp³-hybridized carbons (Fsp3) is 0.517. The number of carbonyl (C=O) groups excluding carboxylic acids is 1. The van der Waals surface area contributed by atoms with Gasteiger partial charge >= 0.3 is 4.87 Å². The highest BCUT2D eigenvalue weighted by molar-refractivity contribution is 7.16. The van der Waals surface area contributed by atoms with Crippen molar-refractivity contribution in [2.45, 2.75) is 76.3 Å². The summed E-state index contributed by atoms with van der Waals surface area (Å²) in [7, 11) is 0. The minimum atomic E-state index is -0.367. The van der Waals surface area contributed by atoms with Crippen molar-refractivity contribution in [2.75, 3.05) is 19.6 Å². The van der Waals surface area contributed by atoms with Crippen LogP contribution in [0.25, 0.3) is 10.2 Å². The van der Waals surface area contributed by atoms with Crippen LogP contribution in [0.5, 0.6) is 5.75 Å². The zero-order valence-electron chi connectivity index (χ0n) is 22.2. The van der Waals surface area contributed by atoms with Crippen LogP contribution in [0.1, 0.15) is 62.5 Å². The molecule has 0 bridgehead atoms. The molecule has 1 atom stereocenters. The lowest BCUT2D eigenvalue weighted by Gasteiger charge is -2.32. The Bertz CT molecular complexity index is 1310. The Hall–Kier alpha value is -2.46. The van der Waals surface area contributed by atoms with Crippen molar-refractivity contribution in [2.24, 2.45) is 5.73 Å². The molecule has 10 heteroatoms. The molecule has 3 aromatic rings. The van der Waals surface area contributed by atoms with Crippen LogP contribution in [0.2, 0.25) is 5.02 Å². The molecule has 0 spiro atoms. The van der Waals surface area contributed by atoms with Gasteiger partial charge < -0.3 is 26.0 Å². The number of aromatic hydroxyl groups is 1. The maximum Gasteiger partial charge on any atom is 0.305 e. The lowest BCUT2D eigenvalue weighted by atomic mass is 10.0. The van der Waals surface area contributed by atoms with E-state index in [1.54, 1.807) is 12.1 Å². The minimum absolute atomic E-state index is 0.0802. The molecule has 1 unspecified atom stereocenters. The number of nitrogens with two attached hydrogens (primary N) is 1. The highest BCUT2D eigenvalue weighted by Crippen LogP contribution is 2.28. The number of phenols is 1. The molecular weight excluding hydrogens is 539 g/mol. The standard InChI is InChI=1S/C29H38ClFN4O3S/c30-24-17-21(31)10-7-19(24)8-11-22(32)18-26(37)35(23-5-3-1-2-4-6-23)16-15-33-14-13-20-9-12-25(36)27-28(20)39-29(38)34-27/h7,9-10,12,17,22-23,33,36H,1-6,8,11,13-16,18,32H2,(H,34,38). The summed E-state index contributed by atoms with van der Waals surface area (Å²) in [6.07, 6.45) is 8.89. The van der Waals surface area contributed by atoms with Crippen LogP contribution >= 0.6 is 22.9 Å². The Morgan fingerprint density at radius 3 is 2.64 bits per heavy atom. The number of aromatic nitrogens is 1. The molecule has 39 heavy (non-hydrogen) atoms. The highest BCUT2D eigenvalue weighted by Gasteiger charge is 2.25. The van der Waals surface area contributed by atoms with Crippen molar-refractivity contribution >= 4 is 39.1 Å². The largest absolute Gasteiger partial charge is 0.506 e. The van der Waals surface area contributed by atoms with Crippen molar-refractivity contribution in [3.63, 3.8) is 0 Å². The summed E-state index contributed by atoms with van der Waals surface area (Å²) < 4.78 is 14.1. The molecule has 1 amide bonds. The van der Waals surface area contributed by atoms with Crippen molar-refractivity contribution in [1.82, 2.24) is 15.2 Å². The first-order valence-corrected chi connectivity index (χ1v) is 15.0. The summed E-state index contributed by atoms with van der Waals surface area (Å²) in [6, 6.07) is 7.77. The first-order valence-electron chi connectivity index (χ1n) is 13.8. The lowest BCUT2D eigenvalue weighted by Crippen LogP contribution is -2.45. The molecule has 1 fully saturated rings. The number of nitrogens with one attached hydrogen (secondary N) is 2. The summed E-state index contributed by atoms with van der Waals surface area (Å²) in [5.41, 5.74) is 8.71. The van der Waals surface area contributed by atoms with Crippen LogP contribution in [0.3, 0.4) is 0 Å². The zero-order valence-corrected chi connectivity index (χ0v) is 23.8. The van der Waals surface area contributed by atoms with E-state index in [1.807, 2.05) is 11.0 Å². The molecule has 1 heterocycles. The maximum absolute atomic E-state index is 13.4. The van der Waals surface area contributed by atoms with Crippen molar-refractivity contribution < 1.29 is 14.3 Å². The number of halogens is 2. The predicted molar refractivity (Wildman–Crippen MR) is 156 cm³/mol. The number of carbonyl (C=O) groups is 1. The Labute approximate surface area is 237 Å². The van der Waals surface area contributed by atoms with Gasteiger partial charge in [0.15, 0.2) is 0 Å². The second kappa shape index (κ2) is 14.3. The van der Waals surface area contributed by atoms with Crippen LogP contribution in [-0.2, 0) is 17.6 Å². The van der Waals surface area contributed by atoms with Crippen LogP contribution in [0, 0.1) is 5.82 Å². The van der Waals surface area contributed by atoms with Crippen LogP contribution < -0.4 is 15.9 Å². The van der Waals surface area contributed by atoms with Crippen molar-refractivity contribution in [1.29, 1.82) is 0 Å². The SMILES string of the molecule is NC(CCc1ccc(F)cc1Cl)CC(=O)N(CCNCCc1ccc(O)c2[nH]c(=O)sc12)C1CCCCCC1. The number of benzene rings is 2. The molecule has 1 saturated carbocycles. The molecule has 1 aromatic heterocycles. The number of amides is 1. The van der Waals surface area contributed by atoms with Gasteiger partial charge in [-0.15, -0.1) is 0 Å². The number of aromatic amines is 1. The van der Waals surface area contributed by atoms with Gasteiger partial charge in [0.2, 0.25) is 5.91 Å². The Morgan fingerprint density at radius 2 is 1.90 bits per heavy atom. The van der Waals surface area contributed by atoms with Crippen LogP contribution in [-0.4, -0.2) is 52.6 Å². The molecule has 212 valence electrons. The van der Waals surface area contributed by atoms with Crippen molar-refractivity contribution in [3.05, 3.63) is 62.0 Å². The van der Waals surface area contributed by atoms with Gasteiger partial charge in [-0.3, -0.25) is 9.59 Å². The zero-order chi connectivity index (χ0) is 27.8. The van der Waals surface area contributed by atoms with E-state index in [0.29, 0.717) is 49.4 Å². The lowest BCUT2D eigenvalue weighted by molar-refractivity contribution is -0.134. The Kier molecular flexibility index (Phi) is 10.8. The first-order chi connectivity index (χ1) is 18.8. The number of hydrogen-bond acceptors (Lipinski definition) is 6. The molecule has 0 saturated heterocycles. The smallest absolute Gasteiger partial charge is 0.305 e. The average molecular weight is 577 g/mol. The number of H-pyrrole nitrogens is 1. The van der Waals surface area contributed by atoms with Gasteiger partial charge in [-0.05, 0) is 68.0 Å². The van der Waals surface area contributed by atoms with E-state index >= 15 is 0 Å². The third-order valence-corrected chi connectivity index (χ3v) is 8.87. The Morgan fingerprint density at radius 1 is 1.15 bits per heavy atom. The maximum atomic E-state index is 13.4. The van der Waals surface area contributed by atoms with Gasteiger partial charge in [-0.2, -0.15) is 0 Å². The molecule has 5 N–H and O–H groups in total. The van der Waals surface area contributed by atoms with Crippen LogP contribution in [0.4, 0.5) is 4.39 Å². The van der Waals surface area contributed by atoms with Gasteiger partial charge in [0, 0.05) is 36.6 Å². The van der Waals surface area contributed by atoms with E-state index in [9.17, 15) is 19.1 Å². The quantitative estimate of drug-likeness (QED) is 0.177. The summed E-state index contributed by atoms with van der Waals surface area (Å²) in [5, 5.41) is 13.8. The monoisotopic (exact) mass is 576 g/mol. The van der Waals surface area contributed by atoms with E-state index in [4.69, 9.17) is 17.3 Å². The van der Waals surface area contributed by atoms with Gasteiger partial charge in [0.05, 0.1) is 4.70 Å². The summed E-state index contributed by atoms with van der Waals surface area (Å²) >= 11 is 7.26. The third kappa shape index (κ3) is 8.27. The van der Waals surface area contributed by atoms with E-state index in [1.165, 1.54) is 25.0 Å². The van der Waals surface area contributed by atoms with Crippen LogP contribution in [0.15, 0.2) is 35.1 Å². The number of phenolic OH excluding ortho intramolecular Hbond substituents is 1. The molecule has 1 aliphatic rings. The fourth-order valence-corrected chi connectivity index (χ4v) is 6.57. The fourth-order valence-electron chi connectivity index (χ4n) is 5.41. The molecule has 0 aliphatic heterocycles. The van der Waals surface area contributed by atoms with E-state index in [2.05, 4.69) is 10.3 Å². The topological polar surface area (TPSA) is 111 Å². The van der Waals surface area contributed by atoms with Gasteiger partial charge in [-0.1, -0.05) is 60.8 Å².